The zero-order valence-electron chi connectivity index (χ0n) is 21.5. The maximum atomic E-state index is 13.9. The molecule has 1 fully saturated rings. The lowest BCUT2D eigenvalue weighted by molar-refractivity contribution is -0.192. The van der Waals surface area contributed by atoms with Crippen LogP contribution in [0.3, 0.4) is 0 Å². The number of rotatable bonds is 7. The van der Waals surface area contributed by atoms with E-state index >= 15 is 0 Å². The number of anilines is 1. The van der Waals surface area contributed by atoms with E-state index in [0.717, 1.165) is 10.7 Å². The van der Waals surface area contributed by atoms with Crippen molar-refractivity contribution in [2.75, 3.05) is 44.9 Å². The number of nitrogens with one attached hydrogen (secondary N) is 1. The molecular formula is C23H24F6N6O6. The molecule has 2 N–H and O–H groups in total. The third-order valence-corrected chi connectivity index (χ3v) is 5.54. The largest absolute Gasteiger partial charge is 0.494 e. The number of nitrogens with zero attached hydrogens (tertiary/aromatic N) is 5. The minimum Gasteiger partial charge on any atom is -0.494 e. The van der Waals surface area contributed by atoms with Gasteiger partial charge in [-0.05, 0) is 25.1 Å². The average Bonchev–Trinajstić information content (AvgIpc) is 3.22. The first-order valence-corrected chi connectivity index (χ1v) is 11.8. The summed E-state index contributed by atoms with van der Waals surface area (Å²) in [5.74, 6) is -3.47. The van der Waals surface area contributed by atoms with Gasteiger partial charge >= 0.3 is 18.3 Å². The topological polar surface area (TPSA) is 144 Å². The Morgan fingerprint density at radius 2 is 1.73 bits per heavy atom. The third-order valence-electron chi connectivity index (χ3n) is 5.54. The number of alkyl halides is 6. The highest BCUT2D eigenvalue weighted by Crippen LogP contribution is 2.43. The van der Waals surface area contributed by atoms with Crippen LogP contribution in [0.2, 0.25) is 0 Å². The molecule has 2 aromatic heterocycles. The molecule has 1 aliphatic rings. The quantitative estimate of drug-likeness (QED) is 0.312. The van der Waals surface area contributed by atoms with E-state index in [2.05, 4.69) is 10.2 Å². The predicted octanol–water partition coefficient (Wildman–Crippen LogP) is 2.79. The van der Waals surface area contributed by atoms with Gasteiger partial charge in [0, 0.05) is 24.7 Å². The van der Waals surface area contributed by atoms with Crippen molar-refractivity contribution in [3.63, 3.8) is 0 Å². The van der Waals surface area contributed by atoms with E-state index in [4.69, 9.17) is 29.5 Å². The summed E-state index contributed by atoms with van der Waals surface area (Å²) in [6, 6.07) is 5.30. The normalized spacial score (nSPS) is 13.9. The number of carboxylic acid groups (broad SMARTS) is 1. The van der Waals surface area contributed by atoms with E-state index in [-0.39, 0.29) is 28.5 Å². The lowest BCUT2D eigenvalue weighted by Gasteiger charge is -2.31. The van der Waals surface area contributed by atoms with E-state index in [0.29, 0.717) is 38.6 Å². The van der Waals surface area contributed by atoms with Gasteiger partial charge in [0.25, 0.3) is 0 Å². The molecule has 3 heterocycles. The molecule has 1 saturated heterocycles. The standard InChI is InChI=1S/C21H23F3N6O4.C2HF3O2/c1-3-34-18-5-4-17-26-29(20(25)30(17)27-18)12-16(31)13-10-14(21(22,23)24)19(32-2)15(11-13)28-6-8-33-9-7-28;3-2(4,5)1(6)7/h4-5,10-11,25H,3,6-9,12H2,1-2H3;(H,6,7). The van der Waals surface area contributed by atoms with Crippen LogP contribution in [-0.2, 0) is 22.3 Å². The predicted molar refractivity (Wildman–Crippen MR) is 127 cm³/mol. The number of carbonyl (C=O) groups is 2. The van der Waals surface area contributed by atoms with Gasteiger partial charge in [-0.15, -0.1) is 10.2 Å². The van der Waals surface area contributed by atoms with Crippen LogP contribution in [0.4, 0.5) is 32.0 Å². The van der Waals surface area contributed by atoms with Gasteiger partial charge in [-0.1, -0.05) is 0 Å². The van der Waals surface area contributed by atoms with Crippen LogP contribution in [0.5, 0.6) is 11.6 Å². The Hall–Kier alpha value is -4.35. The monoisotopic (exact) mass is 594 g/mol. The fourth-order valence-corrected chi connectivity index (χ4v) is 3.71. The molecule has 18 heteroatoms. The fraction of sp³-hybridized carbons (Fsp3) is 0.435. The van der Waals surface area contributed by atoms with Gasteiger partial charge in [0.1, 0.15) is 12.1 Å². The number of fused-ring (bicyclic) bond motifs is 1. The molecule has 0 aliphatic carbocycles. The van der Waals surface area contributed by atoms with Crippen LogP contribution in [0, 0.1) is 5.41 Å². The molecule has 0 spiro atoms. The summed E-state index contributed by atoms with van der Waals surface area (Å²) in [5, 5.41) is 23.7. The Bertz CT molecular complexity index is 1460. The van der Waals surface area contributed by atoms with Crippen molar-refractivity contribution in [2.24, 2.45) is 0 Å². The molecule has 0 radical (unpaired) electrons. The highest BCUT2D eigenvalue weighted by molar-refractivity contribution is 5.97. The van der Waals surface area contributed by atoms with E-state index in [1.165, 1.54) is 17.7 Å². The number of carbonyl (C=O) groups excluding carboxylic acids is 1. The number of methoxy groups -OCH3 is 1. The van der Waals surface area contributed by atoms with Crippen LogP contribution in [0.1, 0.15) is 22.8 Å². The Morgan fingerprint density at radius 3 is 2.27 bits per heavy atom. The molecule has 41 heavy (non-hydrogen) atoms. The SMILES string of the molecule is CCOc1ccc2nn(CC(=O)c3cc(N4CCOCC4)c(OC)c(C(F)(F)F)c3)c(=N)n2n1.O=C(O)C(F)(F)F. The van der Waals surface area contributed by atoms with Crippen molar-refractivity contribution in [3.8, 4) is 11.6 Å². The lowest BCUT2D eigenvalue weighted by atomic mass is 10.0. The summed E-state index contributed by atoms with van der Waals surface area (Å²) in [6.07, 6.45) is -9.82. The minimum atomic E-state index is -5.08. The number of hydrogen-bond donors (Lipinski definition) is 2. The number of halogens is 6. The van der Waals surface area contributed by atoms with E-state index in [1.54, 1.807) is 24.0 Å². The molecule has 3 aromatic rings. The summed E-state index contributed by atoms with van der Waals surface area (Å²) in [7, 11) is 1.17. The van der Waals surface area contributed by atoms with Gasteiger partial charge in [-0.3, -0.25) is 10.2 Å². The van der Waals surface area contributed by atoms with E-state index in [9.17, 15) is 31.1 Å². The first kappa shape index (κ1) is 31.2. The average molecular weight is 594 g/mol. The Labute approximate surface area is 227 Å². The summed E-state index contributed by atoms with van der Waals surface area (Å²) in [4.78, 5) is 23.7. The number of benzene rings is 1. The van der Waals surface area contributed by atoms with Gasteiger partial charge in [0.15, 0.2) is 17.2 Å². The molecule has 0 amide bonds. The molecule has 1 aliphatic heterocycles. The van der Waals surface area contributed by atoms with Crippen LogP contribution in [0.15, 0.2) is 24.3 Å². The van der Waals surface area contributed by atoms with E-state index in [1.807, 2.05) is 0 Å². The van der Waals surface area contributed by atoms with Crippen molar-refractivity contribution in [1.29, 1.82) is 5.41 Å². The molecule has 0 atom stereocenters. The van der Waals surface area contributed by atoms with Crippen molar-refractivity contribution < 1.29 is 55.2 Å². The first-order valence-electron chi connectivity index (χ1n) is 11.8. The molecule has 0 unspecified atom stereocenters. The summed E-state index contributed by atoms with van der Waals surface area (Å²) in [5.41, 5.74) is -0.972. The molecule has 0 saturated carbocycles. The molecule has 1 aromatic carbocycles. The smallest absolute Gasteiger partial charge is 0.490 e. The first-order chi connectivity index (χ1) is 19.2. The number of carboxylic acids is 1. The molecular weight excluding hydrogens is 570 g/mol. The molecule has 4 rings (SSSR count). The van der Waals surface area contributed by atoms with Gasteiger partial charge in [0.2, 0.25) is 11.5 Å². The summed E-state index contributed by atoms with van der Waals surface area (Å²) < 4.78 is 91.3. The highest BCUT2D eigenvalue weighted by Gasteiger charge is 2.39. The van der Waals surface area contributed by atoms with E-state index < -0.39 is 36.2 Å². The Balaban J connectivity index is 0.000000587. The number of Topliss-reactive ketones (excluding diaryl/α,β-unsaturated/α-hetero) is 1. The zero-order valence-corrected chi connectivity index (χ0v) is 21.5. The van der Waals surface area contributed by atoms with Crippen molar-refractivity contribution >= 4 is 23.1 Å². The van der Waals surface area contributed by atoms with Gasteiger partial charge in [-0.25, -0.2) is 9.48 Å². The number of ketones is 1. The molecule has 0 bridgehead atoms. The second-order valence-electron chi connectivity index (χ2n) is 8.26. The maximum Gasteiger partial charge on any atom is 0.490 e. The maximum absolute atomic E-state index is 13.9. The second-order valence-corrected chi connectivity index (χ2v) is 8.26. The van der Waals surface area contributed by atoms with Crippen molar-refractivity contribution in [1.82, 2.24) is 19.4 Å². The van der Waals surface area contributed by atoms with Crippen LogP contribution in [0.25, 0.3) is 5.65 Å². The Morgan fingerprint density at radius 1 is 1.10 bits per heavy atom. The van der Waals surface area contributed by atoms with Gasteiger partial charge in [-0.2, -0.15) is 30.9 Å². The van der Waals surface area contributed by atoms with Crippen LogP contribution in [-0.4, -0.2) is 82.4 Å². The summed E-state index contributed by atoms with van der Waals surface area (Å²) >= 11 is 0. The van der Waals surface area contributed by atoms with Gasteiger partial charge in [0.05, 0.1) is 32.6 Å². The number of aliphatic carboxylic acids is 1. The summed E-state index contributed by atoms with van der Waals surface area (Å²) in [6.45, 7) is 3.13. The molecule has 12 nitrogen and oxygen atoms in total. The Kier molecular flexibility index (Phi) is 9.46. The number of ether oxygens (including phenoxy) is 3. The van der Waals surface area contributed by atoms with Crippen molar-refractivity contribution in [3.05, 3.63) is 41.0 Å². The molecule has 224 valence electrons. The van der Waals surface area contributed by atoms with Crippen LogP contribution < -0.4 is 20.0 Å². The zero-order chi connectivity index (χ0) is 30.5. The lowest BCUT2D eigenvalue weighted by Crippen LogP contribution is -2.37. The third kappa shape index (κ3) is 7.44. The van der Waals surface area contributed by atoms with Crippen molar-refractivity contribution in [2.45, 2.75) is 25.8 Å². The second kappa shape index (κ2) is 12.4. The van der Waals surface area contributed by atoms with Crippen LogP contribution >= 0.6 is 0 Å². The fourth-order valence-electron chi connectivity index (χ4n) is 3.71. The highest BCUT2D eigenvalue weighted by atomic mass is 19.4. The van der Waals surface area contributed by atoms with Gasteiger partial charge < -0.3 is 24.2 Å². The number of aromatic nitrogens is 4. The number of hydrogen-bond acceptors (Lipinski definition) is 9. The number of morpholine rings is 1. The minimum absolute atomic E-state index is 0.165.